The lowest BCUT2D eigenvalue weighted by Crippen LogP contribution is -2.32. The standard InChI is InChI=1S/C17H15N3O.ClH/c21-17-15(7-13-3-1-5-18-9-13)11-20-12-16(17)8-14-4-2-6-19-10-14;/h1-10,20H,11-12H2;1H/b15-7+,16-8+;. The molecule has 1 N–H and O–H groups in total. The van der Waals surface area contributed by atoms with Crippen molar-refractivity contribution >= 4 is 30.3 Å². The van der Waals surface area contributed by atoms with Gasteiger partial charge in [0.05, 0.1) is 0 Å². The van der Waals surface area contributed by atoms with Crippen molar-refractivity contribution in [1.82, 2.24) is 15.3 Å². The van der Waals surface area contributed by atoms with Crippen LogP contribution in [-0.4, -0.2) is 28.8 Å². The third kappa shape index (κ3) is 3.87. The predicted molar refractivity (Wildman–Crippen MR) is 89.6 cm³/mol. The molecule has 4 nitrogen and oxygen atoms in total. The van der Waals surface area contributed by atoms with Gasteiger partial charge in [-0.05, 0) is 35.4 Å². The highest BCUT2D eigenvalue weighted by Crippen LogP contribution is 2.16. The van der Waals surface area contributed by atoms with Crippen molar-refractivity contribution in [3.8, 4) is 0 Å². The molecule has 1 aliphatic rings. The second-order valence-electron chi connectivity index (χ2n) is 4.84. The molecule has 112 valence electrons. The summed E-state index contributed by atoms with van der Waals surface area (Å²) in [6.45, 7) is 1.16. The SMILES string of the molecule is Cl.O=C1/C(=C/c2cccnc2)CNC/C1=C\c1cccnc1. The van der Waals surface area contributed by atoms with Crippen molar-refractivity contribution in [2.24, 2.45) is 0 Å². The van der Waals surface area contributed by atoms with E-state index in [9.17, 15) is 4.79 Å². The maximum absolute atomic E-state index is 12.5. The van der Waals surface area contributed by atoms with Gasteiger partial charge in [0.15, 0.2) is 5.78 Å². The van der Waals surface area contributed by atoms with Gasteiger partial charge in [-0.15, -0.1) is 12.4 Å². The van der Waals surface area contributed by atoms with Gasteiger partial charge in [0, 0.05) is 49.0 Å². The maximum atomic E-state index is 12.5. The van der Waals surface area contributed by atoms with Crippen molar-refractivity contribution in [2.45, 2.75) is 0 Å². The maximum Gasteiger partial charge on any atom is 0.187 e. The van der Waals surface area contributed by atoms with Crippen molar-refractivity contribution in [3.63, 3.8) is 0 Å². The lowest BCUT2D eigenvalue weighted by atomic mass is 9.96. The van der Waals surface area contributed by atoms with E-state index in [0.717, 1.165) is 22.3 Å². The van der Waals surface area contributed by atoms with Crippen LogP contribution in [0.15, 0.2) is 60.2 Å². The van der Waals surface area contributed by atoms with Crippen LogP contribution in [0.5, 0.6) is 0 Å². The van der Waals surface area contributed by atoms with E-state index in [4.69, 9.17) is 0 Å². The second kappa shape index (κ2) is 7.64. The molecule has 0 amide bonds. The quantitative estimate of drug-likeness (QED) is 0.866. The van der Waals surface area contributed by atoms with Crippen molar-refractivity contribution < 1.29 is 4.79 Å². The number of hydrogen-bond acceptors (Lipinski definition) is 4. The summed E-state index contributed by atoms with van der Waals surface area (Å²) in [7, 11) is 0. The zero-order valence-corrected chi connectivity index (χ0v) is 12.7. The number of aromatic nitrogens is 2. The summed E-state index contributed by atoms with van der Waals surface area (Å²) in [6, 6.07) is 7.60. The van der Waals surface area contributed by atoms with Gasteiger partial charge >= 0.3 is 0 Å². The first-order chi connectivity index (χ1) is 10.3. The van der Waals surface area contributed by atoms with Crippen LogP contribution in [0.1, 0.15) is 11.1 Å². The van der Waals surface area contributed by atoms with Crippen LogP contribution in [0, 0.1) is 0 Å². The highest BCUT2D eigenvalue weighted by molar-refractivity contribution is 6.14. The first kappa shape index (κ1) is 16.1. The molecule has 2 aromatic rings. The average Bonchev–Trinajstić information content (AvgIpc) is 2.53. The zero-order chi connectivity index (χ0) is 14.5. The molecule has 3 rings (SSSR count). The van der Waals surface area contributed by atoms with E-state index in [2.05, 4.69) is 15.3 Å². The third-order valence-electron chi connectivity index (χ3n) is 3.26. The van der Waals surface area contributed by atoms with Gasteiger partial charge in [-0.2, -0.15) is 0 Å². The summed E-state index contributed by atoms with van der Waals surface area (Å²) < 4.78 is 0. The Morgan fingerprint density at radius 1 is 0.909 bits per heavy atom. The van der Waals surface area contributed by atoms with E-state index in [-0.39, 0.29) is 18.2 Å². The number of ketones is 1. The summed E-state index contributed by atoms with van der Waals surface area (Å²) in [5, 5.41) is 3.26. The number of nitrogens with zero attached hydrogens (tertiary/aromatic N) is 2. The summed E-state index contributed by atoms with van der Waals surface area (Å²) in [4.78, 5) is 20.6. The average molecular weight is 314 g/mol. The highest BCUT2D eigenvalue weighted by atomic mass is 35.5. The van der Waals surface area contributed by atoms with Crippen molar-refractivity contribution in [3.05, 3.63) is 71.3 Å². The molecule has 1 fully saturated rings. The number of Topliss-reactive ketones (excluding diaryl/α,β-unsaturated/α-hetero) is 1. The molecule has 0 bridgehead atoms. The molecule has 1 saturated heterocycles. The number of carbonyl (C=O) groups is 1. The molecule has 22 heavy (non-hydrogen) atoms. The Bertz CT molecular complexity index is 637. The van der Waals surface area contributed by atoms with E-state index >= 15 is 0 Å². The summed E-state index contributed by atoms with van der Waals surface area (Å²) in [5.41, 5.74) is 3.38. The summed E-state index contributed by atoms with van der Waals surface area (Å²) in [6.07, 6.45) is 10.7. The molecular formula is C17H16ClN3O. The number of hydrogen-bond donors (Lipinski definition) is 1. The molecule has 1 aliphatic heterocycles. The minimum Gasteiger partial charge on any atom is -0.308 e. The number of rotatable bonds is 2. The van der Waals surface area contributed by atoms with Gasteiger partial charge in [0.2, 0.25) is 0 Å². The minimum absolute atomic E-state index is 0. The molecule has 0 spiro atoms. The smallest absolute Gasteiger partial charge is 0.187 e. The Morgan fingerprint density at radius 3 is 1.82 bits per heavy atom. The molecule has 2 aromatic heterocycles. The van der Waals surface area contributed by atoms with Crippen LogP contribution < -0.4 is 5.32 Å². The predicted octanol–water partition coefficient (Wildman–Crippen LogP) is 2.54. The topological polar surface area (TPSA) is 54.9 Å². The summed E-state index contributed by atoms with van der Waals surface area (Å²) >= 11 is 0. The lowest BCUT2D eigenvalue weighted by Gasteiger charge is -2.18. The first-order valence-electron chi connectivity index (χ1n) is 6.79. The second-order valence-corrected chi connectivity index (χ2v) is 4.84. The number of pyridine rings is 2. The van der Waals surface area contributed by atoms with Gasteiger partial charge < -0.3 is 5.32 Å². The monoisotopic (exact) mass is 313 g/mol. The number of halogens is 1. The van der Waals surface area contributed by atoms with Gasteiger partial charge in [-0.1, -0.05) is 12.1 Å². The largest absolute Gasteiger partial charge is 0.308 e. The Kier molecular flexibility index (Phi) is 5.58. The molecule has 0 aliphatic carbocycles. The van der Waals surface area contributed by atoms with Crippen LogP contribution in [0.25, 0.3) is 12.2 Å². The molecule has 0 saturated carbocycles. The molecule has 5 heteroatoms. The number of nitrogens with one attached hydrogen (secondary N) is 1. The van der Waals surface area contributed by atoms with E-state index in [0.29, 0.717) is 13.1 Å². The fraction of sp³-hybridized carbons (Fsp3) is 0.118. The Labute approximate surface area is 135 Å². The van der Waals surface area contributed by atoms with Crippen LogP contribution in [-0.2, 0) is 4.79 Å². The van der Waals surface area contributed by atoms with Crippen LogP contribution >= 0.6 is 12.4 Å². The van der Waals surface area contributed by atoms with Gasteiger partial charge in [0.25, 0.3) is 0 Å². The van der Waals surface area contributed by atoms with E-state index in [1.807, 2.05) is 36.4 Å². The van der Waals surface area contributed by atoms with E-state index in [1.54, 1.807) is 24.8 Å². The molecule has 0 atom stereocenters. The van der Waals surface area contributed by atoms with Gasteiger partial charge in [-0.3, -0.25) is 14.8 Å². The van der Waals surface area contributed by atoms with Crippen LogP contribution in [0.2, 0.25) is 0 Å². The molecule has 0 aromatic carbocycles. The third-order valence-corrected chi connectivity index (χ3v) is 3.26. The van der Waals surface area contributed by atoms with E-state index in [1.165, 1.54) is 0 Å². The molecule has 3 heterocycles. The minimum atomic E-state index is 0. The fourth-order valence-electron chi connectivity index (χ4n) is 2.26. The van der Waals surface area contributed by atoms with Crippen molar-refractivity contribution in [1.29, 1.82) is 0 Å². The van der Waals surface area contributed by atoms with E-state index < -0.39 is 0 Å². The van der Waals surface area contributed by atoms with Gasteiger partial charge in [0.1, 0.15) is 0 Å². The van der Waals surface area contributed by atoms with Crippen LogP contribution in [0.4, 0.5) is 0 Å². The molecule has 0 radical (unpaired) electrons. The number of carbonyl (C=O) groups excluding carboxylic acids is 1. The zero-order valence-electron chi connectivity index (χ0n) is 11.9. The Balaban J connectivity index is 0.00000176. The van der Waals surface area contributed by atoms with Crippen LogP contribution in [0.3, 0.4) is 0 Å². The molecular weight excluding hydrogens is 298 g/mol. The summed E-state index contributed by atoms with van der Waals surface area (Å²) in [5.74, 6) is 0.0847. The van der Waals surface area contributed by atoms with Gasteiger partial charge in [-0.25, -0.2) is 0 Å². The normalized spacial score (nSPS) is 18.3. The highest BCUT2D eigenvalue weighted by Gasteiger charge is 2.19. The first-order valence-corrected chi connectivity index (χ1v) is 6.79. The molecule has 0 unspecified atom stereocenters. The Hall–Kier alpha value is -2.30. The lowest BCUT2D eigenvalue weighted by molar-refractivity contribution is -0.112. The van der Waals surface area contributed by atoms with Crippen molar-refractivity contribution in [2.75, 3.05) is 13.1 Å². The Morgan fingerprint density at radius 2 is 1.41 bits per heavy atom. The number of piperidine rings is 1. The fourth-order valence-corrected chi connectivity index (χ4v) is 2.26.